The lowest BCUT2D eigenvalue weighted by Crippen LogP contribution is -2.46. The Morgan fingerprint density at radius 2 is 1.83 bits per heavy atom. The van der Waals surface area contributed by atoms with E-state index in [1.54, 1.807) is 13.8 Å². The fourth-order valence-corrected chi connectivity index (χ4v) is 5.86. The van der Waals surface area contributed by atoms with Crippen LogP contribution in [0.3, 0.4) is 0 Å². The number of hydrogen-bond donors (Lipinski definition) is 2. The van der Waals surface area contributed by atoms with Crippen molar-refractivity contribution in [2.45, 2.75) is 37.2 Å². The lowest BCUT2D eigenvalue weighted by molar-refractivity contribution is -0.151. The molecule has 30 heavy (non-hydrogen) atoms. The molecule has 1 saturated heterocycles. The molecular weight excluding hydrogens is 436 g/mol. The smallest absolute Gasteiger partial charge is 0.324 e. The standard InChI is InChI=1S/C18H26N2O8S2/c1-12(2)17(20-30(25,26)15-6-4-14(27-3)5-7-15)18(22)28-10-16(21)19-13-8-9-29(23,24)11-13/h4-7,12-13,17,20H,8-11H2,1-3H3,(H,19,21)/t13?,17-/m0/s1. The number of rotatable bonds is 9. The van der Waals surface area contributed by atoms with Gasteiger partial charge in [0.15, 0.2) is 16.4 Å². The second kappa shape index (κ2) is 9.75. The van der Waals surface area contributed by atoms with Crippen LogP contribution in [0.2, 0.25) is 0 Å². The van der Waals surface area contributed by atoms with Gasteiger partial charge in [0.25, 0.3) is 5.91 Å². The third kappa shape index (κ3) is 6.67. The molecule has 1 aliphatic rings. The van der Waals surface area contributed by atoms with E-state index in [0.29, 0.717) is 12.2 Å². The van der Waals surface area contributed by atoms with E-state index in [0.717, 1.165) is 0 Å². The van der Waals surface area contributed by atoms with Crippen LogP contribution in [0.25, 0.3) is 0 Å². The van der Waals surface area contributed by atoms with E-state index >= 15 is 0 Å². The van der Waals surface area contributed by atoms with Gasteiger partial charge in [-0.2, -0.15) is 4.72 Å². The molecule has 10 nitrogen and oxygen atoms in total. The topological polar surface area (TPSA) is 145 Å². The van der Waals surface area contributed by atoms with Crippen LogP contribution in [0, 0.1) is 5.92 Å². The summed E-state index contributed by atoms with van der Waals surface area (Å²) in [6.45, 7) is 2.63. The zero-order valence-corrected chi connectivity index (χ0v) is 18.6. The Balaban J connectivity index is 1.96. The molecule has 1 aliphatic heterocycles. The van der Waals surface area contributed by atoms with Crippen LogP contribution in [0.4, 0.5) is 0 Å². The van der Waals surface area contributed by atoms with Crippen molar-refractivity contribution < 1.29 is 35.9 Å². The molecule has 0 aliphatic carbocycles. The van der Waals surface area contributed by atoms with E-state index in [-0.39, 0.29) is 16.4 Å². The number of methoxy groups -OCH3 is 1. The molecular formula is C18H26N2O8S2. The minimum Gasteiger partial charge on any atom is -0.497 e. The van der Waals surface area contributed by atoms with Gasteiger partial charge in [0.2, 0.25) is 10.0 Å². The number of carbonyl (C=O) groups excluding carboxylic acids is 2. The zero-order valence-electron chi connectivity index (χ0n) is 17.0. The van der Waals surface area contributed by atoms with Crippen molar-refractivity contribution in [1.29, 1.82) is 0 Å². The van der Waals surface area contributed by atoms with Gasteiger partial charge in [0.1, 0.15) is 11.8 Å². The summed E-state index contributed by atoms with van der Waals surface area (Å²) in [5, 5.41) is 2.50. The highest BCUT2D eigenvalue weighted by molar-refractivity contribution is 7.91. The van der Waals surface area contributed by atoms with Crippen molar-refractivity contribution in [3.8, 4) is 5.75 Å². The van der Waals surface area contributed by atoms with Crippen molar-refractivity contribution in [3.63, 3.8) is 0 Å². The molecule has 0 radical (unpaired) electrons. The molecule has 0 spiro atoms. The minimum absolute atomic E-state index is 0.000295. The molecule has 1 heterocycles. The van der Waals surface area contributed by atoms with Crippen molar-refractivity contribution in [1.82, 2.24) is 10.0 Å². The summed E-state index contributed by atoms with van der Waals surface area (Å²) in [6.07, 6.45) is 0.304. The Labute approximate surface area is 176 Å². The molecule has 0 bridgehead atoms. The second-order valence-electron chi connectivity index (χ2n) is 7.29. The Kier molecular flexibility index (Phi) is 7.83. The number of sulfonamides is 1. The molecule has 2 rings (SSSR count). The van der Waals surface area contributed by atoms with E-state index in [1.165, 1.54) is 31.4 Å². The lowest BCUT2D eigenvalue weighted by atomic mass is 10.1. The third-order valence-electron chi connectivity index (χ3n) is 4.52. The number of esters is 1. The Morgan fingerprint density at radius 1 is 1.20 bits per heavy atom. The molecule has 0 saturated carbocycles. The van der Waals surface area contributed by atoms with Gasteiger partial charge in [-0.05, 0) is 36.6 Å². The summed E-state index contributed by atoms with van der Waals surface area (Å²) in [4.78, 5) is 24.3. The van der Waals surface area contributed by atoms with Crippen LogP contribution in [-0.2, 0) is 34.2 Å². The summed E-state index contributed by atoms with van der Waals surface area (Å²) in [5.41, 5.74) is 0. The van der Waals surface area contributed by atoms with Crippen LogP contribution in [-0.4, -0.2) is 66.0 Å². The number of hydrogen-bond acceptors (Lipinski definition) is 8. The van der Waals surface area contributed by atoms with Gasteiger partial charge in [-0.15, -0.1) is 0 Å². The SMILES string of the molecule is COc1ccc(S(=O)(=O)N[C@H](C(=O)OCC(=O)NC2CCS(=O)(=O)C2)C(C)C)cc1. The number of amides is 1. The molecule has 0 aromatic heterocycles. The minimum atomic E-state index is -4.02. The fourth-order valence-electron chi connectivity index (χ4n) is 2.85. The second-order valence-corrected chi connectivity index (χ2v) is 11.2. The quantitative estimate of drug-likeness (QED) is 0.482. The average Bonchev–Trinajstić information content (AvgIpc) is 3.02. The molecule has 1 unspecified atom stereocenters. The zero-order chi connectivity index (χ0) is 22.5. The van der Waals surface area contributed by atoms with Crippen molar-refractivity contribution in [3.05, 3.63) is 24.3 Å². The van der Waals surface area contributed by atoms with Crippen molar-refractivity contribution in [2.24, 2.45) is 5.92 Å². The predicted molar refractivity (Wildman–Crippen MR) is 108 cm³/mol. The highest BCUT2D eigenvalue weighted by Gasteiger charge is 2.31. The van der Waals surface area contributed by atoms with Crippen molar-refractivity contribution in [2.75, 3.05) is 25.2 Å². The predicted octanol–water partition coefficient (Wildman–Crippen LogP) is -0.155. The number of ether oxygens (including phenoxy) is 2. The van der Waals surface area contributed by atoms with Crippen LogP contribution >= 0.6 is 0 Å². The summed E-state index contributed by atoms with van der Waals surface area (Å²) in [5.74, 6) is -1.67. The summed E-state index contributed by atoms with van der Waals surface area (Å²) in [7, 11) is -5.72. The number of sulfone groups is 1. The molecule has 1 amide bonds. The maximum Gasteiger partial charge on any atom is 0.324 e. The van der Waals surface area contributed by atoms with Gasteiger partial charge < -0.3 is 14.8 Å². The molecule has 1 fully saturated rings. The molecule has 12 heteroatoms. The Hall–Kier alpha value is -2.18. The van der Waals surface area contributed by atoms with Gasteiger partial charge in [0.05, 0.1) is 23.5 Å². The summed E-state index contributed by atoms with van der Waals surface area (Å²) < 4.78 is 60.3. The molecule has 168 valence electrons. The van der Waals surface area contributed by atoms with E-state index in [9.17, 15) is 26.4 Å². The van der Waals surface area contributed by atoms with Crippen molar-refractivity contribution >= 4 is 31.7 Å². The average molecular weight is 463 g/mol. The lowest BCUT2D eigenvalue weighted by Gasteiger charge is -2.21. The first-order chi connectivity index (χ1) is 13.9. The van der Waals surface area contributed by atoms with E-state index in [2.05, 4.69) is 10.0 Å². The van der Waals surface area contributed by atoms with E-state index in [4.69, 9.17) is 9.47 Å². The normalized spacial score (nSPS) is 19.3. The van der Waals surface area contributed by atoms with Crippen LogP contribution in [0.15, 0.2) is 29.2 Å². The van der Waals surface area contributed by atoms with Crippen LogP contribution in [0.1, 0.15) is 20.3 Å². The van der Waals surface area contributed by atoms with Gasteiger partial charge in [-0.25, -0.2) is 16.8 Å². The maximum atomic E-state index is 12.6. The maximum absolute atomic E-state index is 12.6. The summed E-state index contributed by atoms with van der Waals surface area (Å²) in [6, 6.07) is 3.91. The number of benzene rings is 1. The Morgan fingerprint density at radius 3 is 2.33 bits per heavy atom. The Bertz CT molecular complexity index is 972. The highest BCUT2D eigenvalue weighted by atomic mass is 32.2. The largest absolute Gasteiger partial charge is 0.497 e. The number of carbonyl (C=O) groups is 2. The molecule has 1 aromatic rings. The van der Waals surface area contributed by atoms with Crippen LogP contribution < -0.4 is 14.8 Å². The van der Waals surface area contributed by atoms with E-state index < -0.39 is 56.3 Å². The monoisotopic (exact) mass is 462 g/mol. The highest BCUT2D eigenvalue weighted by Crippen LogP contribution is 2.17. The molecule has 2 atom stereocenters. The summed E-state index contributed by atoms with van der Waals surface area (Å²) >= 11 is 0. The van der Waals surface area contributed by atoms with Gasteiger partial charge in [-0.3, -0.25) is 9.59 Å². The van der Waals surface area contributed by atoms with Gasteiger partial charge >= 0.3 is 5.97 Å². The van der Waals surface area contributed by atoms with E-state index in [1.807, 2.05) is 0 Å². The first kappa shape index (κ1) is 24.1. The van der Waals surface area contributed by atoms with Crippen LogP contribution in [0.5, 0.6) is 5.75 Å². The first-order valence-electron chi connectivity index (χ1n) is 9.26. The third-order valence-corrected chi connectivity index (χ3v) is 7.74. The first-order valence-corrected chi connectivity index (χ1v) is 12.6. The molecule has 2 N–H and O–H groups in total. The fraction of sp³-hybridized carbons (Fsp3) is 0.556. The number of nitrogens with one attached hydrogen (secondary N) is 2. The van der Waals surface area contributed by atoms with Gasteiger partial charge in [0, 0.05) is 6.04 Å². The van der Waals surface area contributed by atoms with Gasteiger partial charge in [-0.1, -0.05) is 13.8 Å². The molecule has 1 aromatic carbocycles.